The number of hydrogen-bond donors (Lipinski definition) is 0. The number of hydrogen-bond acceptors (Lipinski definition) is 7. The van der Waals surface area contributed by atoms with Gasteiger partial charge in [0.1, 0.15) is 0 Å². The van der Waals surface area contributed by atoms with Gasteiger partial charge in [-0.1, -0.05) is 83.3 Å². The van der Waals surface area contributed by atoms with Crippen LogP contribution in [0.15, 0.2) is 60.7 Å². The Balaban J connectivity index is 1.77. The van der Waals surface area contributed by atoms with E-state index in [0.717, 1.165) is 22.9 Å². The molecular formula is C23H23IO6S. The first-order chi connectivity index (χ1) is 14.9. The van der Waals surface area contributed by atoms with Crippen molar-refractivity contribution in [3.05, 3.63) is 71.8 Å². The Labute approximate surface area is 199 Å². The molecule has 0 amide bonds. The molecule has 2 aromatic rings. The Kier molecular flexibility index (Phi) is 7.99. The summed E-state index contributed by atoms with van der Waals surface area (Å²) in [6, 6.07) is 19.0. The molecule has 0 saturated carbocycles. The van der Waals surface area contributed by atoms with Crippen molar-refractivity contribution in [2.75, 3.05) is 14.2 Å². The van der Waals surface area contributed by atoms with E-state index in [2.05, 4.69) is 22.6 Å². The largest absolute Gasteiger partial charge is 0.468 e. The van der Waals surface area contributed by atoms with E-state index in [0.29, 0.717) is 0 Å². The molecule has 8 heteroatoms. The lowest BCUT2D eigenvalue weighted by Gasteiger charge is -2.23. The maximum Gasteiger partial charge on any atom is 0.333 e. The fourth-order valence-corrected chi connectivity index (χ4v) is 6.83. The summed E-state index contributed by atoms with van der Waals surface area (Å²) in [7, 11) is 2.48. The highest BCUT2D eigenvalue weighted by molar-refractivity contribution is 14.1. The molecule has 1 aliphatic heterocycles. The zero-order chi connectivity index (χ0) is 22.4. The van der Waals surface area contributed by atoms with Gasteiger partial charge >= 0.3 is 17.9 Å². The third kappa shape index (κ3) is 5.23. The van der Waals surface area contributed by atoms with Crippen LogP contribution in [0.4, 0.5) is 0 Å². The Morgan fingerprint density at radius 1 is 0.968 bits per heavy atom. The molecule has 164 valence electrons. The molecule has 1 fully saturated rings. The lowest BCUT2D eigenvalue weighted by Crippen LogP contribution is -2.43. The molecular weight excluding hydrogens is 531 g/mol. The highest BCUT2D eigenvalue weighted by atomic mass is 127. The van der Waals surface area contributed by atoms with Crippen molar-refractivity contribution in [3.63, 3.8) is 0 Å². The Morgan fingerprint density at radius 2 is 1.45 bits per heavy atom. The molecule has 1 saturated heterocycles. The van der Waals surface area contributed by atoms with Crippen LogP contribution in [0.5, 0.6) is 0 Å². The Hall–Kier alpha value is -2.07. The molecule has 31 heavy (non-hydrogen) atoms. The van der Waals surface area contributed by atoms with Crippen molar-refractivity contribution >= 4 is 52.3 Å². The van der Waals surface area contributed by atoms with Crippen molar-refractivity contribution < 1.29 is 28.6 Å². The smallest absolute Gasteiger partial charge is 0.333 e. The lowest BCUT2D eigenvalue weighted by molar-refractivity contribution is -0.156. The number of thioether (sulfide) groups is 1. The van der Waals surface area contributed by atoms with Crippen LogP contribution < -0.4 is 0 Å². The number of alkyl halides is 1. The van der Waals surface area contributed by atoms with Crippen molar-refractivity contribution in [2.45, 2.75) is 32.9 Å². The van der Waals surface area contributed by atoms with Crippen LogP contribution >= 0.6 is 34.4 Å². The predicted octanol–water partition coefficient (Wildman–Crippen LogP) is 4.10. The van der Waals surface area contributed by atoms with Crippen molar-refractivity contribution in [1.82, 2.24) is 0 Å². The van der Waals surface area contributed by atoms with Gasteiger partial charge in [-0.05, 0) is 17.5 Å². The zero-order valence-corrected chi connectivity index (χ0v) is 20.1. The van der Waals surface area contributed by atoms with Crippen molar-refractivity contribution in [2.24, 2.45) is 0 Å². The van der Waals surface area contributed by atoms with Gasteiger partial charge in [-0.25, -0.2) is 9.59 Å². The van der Waals surface area contributed by atoms with E-state index in [-0.39, 0.29) is 22.0 Å². The molecule has 0 radical (unpaired) electrons. The summed E-state index contributed by atoms with van der Waals surface area (Å²) >= 11 is 3.29. The summed E-state index contributed by atoms with van der Waals surface area (Å²) in [5, 5.41) is -0.293. The average molecular weight is 554 g/mol. The van der Waals surface area contributed by atoms with Crippen molar-refractivity contribution in [3.8, 4) is 0 Å². The molecule has 0 bridgehead atoms. The van der Waals surface area contributed by atoms with Gasteiger partial charge in [-0.3, -0.25) is 4.79 Å². The molecule has 0 aliphatic carbocycles. The SMILES string of the molecule is COC(=O)C1(C(=O)OC)C[C@H](I)[C@H](CC(=O)OC(c2ccccc2)c2ccccc2)S1. The quantitative estimate of drug-likeness (QED) is 0.168. The third-order valence-electron chi connectivity index (χ3n) is 5.09. The molecule has 3 rings (SSSR count). The topological polar surface area (TPSA) is 78.9 Å². The van der Waals surface area contributed by atoms with Crippen LogP contribution in [-0.4, -0.2) is 46.0 Å². The minimum absolute atomic E-state index is 0.0597. The van der Waals surface area contributed by atoms with E-state index in [1.165, 1.54) is 14.2 Å². The maximum absolute atomic E-state index is 12.9. The van der Waals surface area contributed by atoms with Gasteiger partial charge < -0.3 is 14.2 Å². The van der Waals surface area contributed by atoms with Gasteiger partial charge in [-0.2, -0.15) is 0 Å². The summed E-state index contributed by atoms with van der Waals surface area (Å²) in [5.74, 6) is -1.72. The van der Waals surface area contributed by atoms with E-state index < -0.39 is 28.8 Å². The first-order valence-electron chi connectivity index (χ1n) is 9.69. The second-order valence-corrected chi connectivity index (χ2v) is 10.2. The first kappa shape index (κ1) is 23.6. The summed E-state index contributed by atoms with van der Waals surface area (Å²) in [6.45, 7) is 0. The van der Waals surface area contributed by atoms with E-state index >= 15 is 0 Å². The second kappa shape index (κ2) is 10.5. The fraction of sp³-hybridized carbons (Fsp3) is 0.348. The monoisotopic (exact) mass is 554 g/mol. The maximum atomic E-state index is 12.9. The molecule has 0 aromatic heterocycles. The molecule has 0 spiro atoms. The van der Waals surface area contributed by atoms with Crippen LogP contribution in [0.2, 0.25) is 0 Å². The number of halogens is 1. The highest BCUT2D eigenvalue weighted by Gasteiger charge is 2.58. The number of rotatable bonds is 7. The predicted molar refractivity (Wildman–Crippen MR) is 126 cm³/mol. The second-order valence-electron chi connectivity index (χ2n) is 7.08. The van der Waals surface area contributed by atoms with Gasteiger partial charge in [0.15, 0.2) is 6.10 Å². The number of carbonyl (C=O) groups excluding carboxylic acids is 3. The zero-order valence-electron chi connectivity index (χ0n) is 17.2. The number of esters is 3. The number of benzene rings is 2. The molecule has 6 nitrogen and oxygen atoms in total. The summed E-state index contributed by atoms with van der Waals surface area (Å²) in [5.41, 5.74) is 1.73. The van der Waals surface area contributed by atoms with E-state index in [9.17, 15) is 14.4 Å². The minimum atomic E-state index is -1.46. The lowest BCUT2D eigenvalue weighted by atomic mass is 10.0. The van der Waals surface area contributed by atoms with Crippen molar-refractivity contribution in [1.29, 1.82) is 0 Å². The number of ether oxygens (including phenoxy) is 3. The summed E-state index contributed by atoms with van der Waals surface area (Å²) in [4.78, 5) is 37.7. The standard InChI is InChI=1S/C23H23IO6S/c1-28-21(26)23(22(27)29-2)14-17(24)18(31-23)13-19(25)30-20(15-9-5-3-6-10-15)16-11-7-4-8-12-16/h3-12,17-18,20H,13-14H2,1-2H3/t17-,18-/m0/s1. The molecule has 0 N–H and O–H groups in total. The average Bonchev–Trinajstić information content (AvgIpc) is 3.14. The number of carbonyl (C=O) groups is 3. The van der Waals surface area contributed by atoms with Gasteiger partial charge in [0.2, 0.25) is 4.75 Å². The van der Waals surface area contributed by atoms with E-state index in [4.69, 9.17) is 14.2 Å². The van der Waals surface area contributed by atoms with Crippen LogP contribution in [0, 0.1) is 0 Å². The molecule has 0 unspecified atom stereocenters. The minimum Gasteiger partial charge on any atom is -0.468 e. The normalized spacial score (nSPS) is 19.6. The Morgan fingerprint density at radius 3 is 1.90 bits per heavy atom. The Bertz CT molecular complexity index is 865. The van der Waals surface area contributed by atoms with Crippen LogP contribution in [-0.2, 0) is 28.6 Å². The summed E-state index contributed by atoms with van der Waals surface area (Å²) in [6.07, 6.45) is -0.250. The number of methoxy groups -OCH3 is 2. The fourth-order valence-electron chi connectivity index (χ4n) is 3.56. The third-order valence-corrected chi connectivity index (χ3v) is 8.59. The van der Waals surface area contributed by atoms with Gasteiger partial charge in [-0.15, -0.1) is 11.8 Å². The first-order valence-corrected chi connectivity index (χ1v) is 11.8. The van der Waals surface area contributed by atoms with Gasteiger partial charge in [0.05, 0.1) is 20.6 Å². The van der Waals surface area contributed by atoms with Gasteiger partial charge in [0, 0.05) is 9.17 Å². The summed E-state index contributed by atoms with van der Waals surface area (Å²) < 4.78 is 14.0. The van der Waals surface area contributed by atoms with Crippen LogP contribution in [0.3, 0.4) is 0 Å². The van der Waals surface area contributed by atoms with Gasteiger partial charge in [0.25, 0.3) is 0 Å². The molecule has 2 atom stereocenters. The molecule has 1 aliphatic rings. The highest BCUT2D eigenvalue weighted by Crippen LogP contribution is 2.49. The van der Waals surface area contributed by atoms with Crippen LogP contribution in [0.25, 0.3) is 0 Å². The van der Waals surface area contributed by atoms with E-state index in [1.807, 2.05) is 60.7 Å². The molecule has 1 heterocycles. The molecule has 2 aromatic carbocycles. The van der Waals surface area contributed by atoms with E-state index in [1.54, 1.807) is 0 Å². The van der Waals surface area contributed by atoms with Crippen LogP contribution in [0.1, 0.15) is 30.1 Å².